The molecule has 2 aromatic heterocycles. The Labute approximate surface area is 148 Å². The van der Waals surface area contributed by atoms with Crippen LogP contribution in [0.3, 0.4) is 0 Å². The molecule has 0 aliphatic carbocycles. The summed E-state index contributed by atoms with van der Waals surface area (Å²) in [5.41, 5.74) is -0.340. The van der Waals surface area contributed by atoms with Crippen LogP contribution in [0.2, 0.25) is 0 Å². The van der Waals surface area contributed by atoms with E-state index in [4.69, 9.17) is 4.42 Å². The number of thiophene rings is 1. The van der Waals surface area contributed by atoms with Crippen molar-refractivity contribution in [2.45, 2.75) is 33.7 Å². The summed E-state index contributed by atoms with van der Waals surface area (Å²) in [7, 11) is 0. The number of furan rings is 1. The van der Waals surface area contributed by atoms with Crippen molar-refractivity contribution in [3.8, 4) is 5.75 Å². The Balaban J connectivity index is 1.90. The number of aryl methyl sites for hydroxylation is 2. The highest BCUT2D eigenvalue weighted by molar-refractivity contribution is 7.10. The first-order chi connectivity index (χ1) is 11.8. The van der Waals surface area contributed by atoms with E-state index in [9.17, 15) is 14.7 Å². The van der Waals surface area contributed by atoms with Gasteiger partial charge in [0.25, 0.3) is 10.9 Å². The van der Waals surface area contributed by atoms with Gasteiger partial charge in [0.05, 0.1) is 11.7 Å². The molecule has 0 spiro atoms. The lowest BCUT2D eigenvalue weighted by Crippen LogP contribution is -2.38. The number of nitrogens with one attached hydrogen (secondary N) is 2. The molecular formula is C18H20N2O4S. The van der Waals surface area contributed by atoms with Crippen molar-refractivity contribution < 1.29 is 9.52 Å². The summed E-state index contributed by atoms with van der Waals surface area (Å²) in [5.74, 6) is 1.72. The first-order valence-electron chi connectivity index (χ1n) is 7.99. The standard InChI is InChI=1S/C18H20N2O4S/c1-8(2)13(12-6-5-9(3)24-12)20-15-14(17(22)18(15)23)19-11-7-25-10(4)16(11)21/h5-8,13,19-21H,1-4H3/t13-/m1/s1. The third-order valence-electron chi connectivity index (χ3n) is 4.15. The molecule has 0 radical (unpaired) electrons. The van der Waals surface area contributed by atoms with E-state index in [0.717, 1.165) is 10.6 Å². The summed E-state index contributed by atoms with van der Waals surface area (Å²) in [5, 5.41) is 17.7. The molecule has 3 N–H and O–H groups in total. The summed E-state index contributed by atoms with van der Waals surface area (Å²) in [6.07, 6.45) is 0. The number of aromatic hydroxyl groups is 1. The fraction of sp³-hybridized carbons (Fsp3) is 0.333. The van der Waals surface area contributed by atoms with Gasteiger partial charge in [-0.3, -0.25) is 9.59 Å². The van der Waals surface area contributed by atoms with Crippen LogP contribution < -0.4 is 21.5 Å². The monoisotopic (exact) mass is 360 g/mol. The van der Waals surface area contributed by atoms with Crippen molar-refractivity contribution in [3.63, 3.8) is 0 Å². The van der Waals surface area contributed by atoms with Gasteiger partial charge >= 0.3 is 0 Å². The van der Waals surface area contributed by atoms with Crippen molar-refractivity contribution in [2.24, 2.45) is 5.92 Å². The van der Waals surface area contributed by atoms with Crippen LogP contribution in [-0.2, 0) is 0 Å². The van der Waals surface area contributed by atoms with Crippen molar-refractivity contribution in [1.29, 1.82) is 0 Å². The van der Waals surface area contributed by atoms with Crippen LogP contribution in [0.25, 0.3) is 0 Å². The number of hydrogen-bond acceptors (Lipinski definition) is 7. The molecule has 6 nitrogen and oxygen atoms in total. The molecule has 0 saturated heterocycles. The fourth-order valence-electron chi connectivity index (χ4n) is 2.66. The van der Waals surface area contributed by atoms with Crippen LogP contribution in [0.4, 0.5) is 17.1 Å². The zero-order valence-corrected chi connectivity index (χ0v) is 15.3. The summed E-state index contributed by atoms with van der Waals surface area (Å²) < 4.78 is 5.67. The highest BCUT2D eigenvalue weighted by Crippen LogP contribution is 2.37. The van der Waals surface area contributed by atoms with Crippen molar-refractivity contribution in [2.75, 3.05) is 10.6 Å². The summed E-state index contributed by atoms with van der Waals surface area (Å²) in [6.45, 7) is 7.64. The van der Waals surface area contributed by atoms with Crippen LogP contribution in [0.5, 0.6) is 5.75 Å². The lowest BCUT2D eigenvalue weighted by atomic mass is 10.0. The second-order valence-corrected chi connectivity index (χ2v) is 7.49. The van der Waals surface area contributed by atoms with Gasteiger partial charge in [0.15, 0.2) is 5.75 Å². The molecule has 1 aromatic carbocycles. The van der Waals surface area contributed by atoms with E-state index in [1.54, 1.807) is 12.3 Å². The van der Waals surface area contributed by atoms with E-state index in [1.165, 1.54) is 11.3 Å². The molecule has 0 unspecified atom stereocenters. The van der Waals surface area contributed by atoms with E-state index in [2.05, 4.69) is 10.6 Å². The maximum absolute atomic E-state index is 12.0. The Kier molecular flexibility index (Phi) is 4.43. The minimum absolute atomic E-state index is 0.0890. The van der Waals surface area contributed by atoms with Gasteiger partial charge in [0, 0.05) is 10.3 Å². The molecule has 0 aliphatic heterocycles. The van der Waals surface area contributed by atoms with E-state index in [0.29, 0.717) is 11.4 Å². The number of hydrogen-bond donors (Lipinski definition) is 3. The Morgan fingerprint density at radius 1 is 1.12 bits per heavy atom. The molecule has 0 fully saturated rings. The van der Waals surface area contributed by atoms with Crippen LogP contribution in [0.15, 0.2) is 31.5 Å². The van der Waals surface area contributed by atoms with E-state index < -0.39 is 10.9 Å². The molecule has 0 amide bonds. The first-order valence-corrected chi connectivity index (χ1v) is 8.87. The van der Waals surface area contributed by atoms with Gasteiger partial charge in [-0.1, -0.05) is 13.8 Å². The third-order valence-corrected chi connectivity index (χ3v) is 5.05. The molecule has 0 saturated carbocycles. The first kappa shape index (κ1) is 17.3. The molecule has 3 rings (SSSR count). The Morgan fingerprint density at radius 3 is 2.32 bits per heavy atom. The topological polar surface area (TPSA) is 91.6 Å². The van der Waals surface area contributed by atoms with Gasteiger partial charge in [-0.2, -0.15) is 0 Å². The average Bonchev–Trinajstić information content (AvgIpc) is 3.13. The predicted octanol–water partition coefficient (Wildman–Crippen LogP) is 3.81. The van der Waals surface area contributed by atoms with Crippen molar-refractivity contribution in [3.05, 3.63) is 54.4 Å². The maximum Gasteiger partial charge on any atom is 0.253 e. The molecule has 7 heteroatoms. The summed E-state index contributed by atoms with van der Waals surface area (Å²) >= 11 is 1.36. The molecule has 2 heterocycles. The number of rotatable bonds is 6. The zero-order valence-electron chi connectivity index (χ0n) is 14.5. The SMILES string of the molecule is Cc1ccc([C@H](Nc2c(Nc3csc(C)c3O)c(=O)c2=O)C(C)C)o1. The average molecular weight is 360 g/mol. The molecular weight excluding hydrogens is 340 g/mol. The Hall–Kier alpha value is -2.54. The molecule has 132 valence electrons. The van der Waals surface area contributed by atoms with Crippen LogP contribution in [0.1, 0.15) is 36.3 Å². The van der Waals surface area contributed by atoms with Gasteiger partial charge in [-0.15, -0.1) is 11.3 Å². The largest absolute Gasteiger partial charge is 0.505 e. The van der Waals surface area contributed by atoms with Gasteiger partial charge in [0.2, 0.25) is 0 Å². The second-order valence-electron chi connectivity index (χ2n) is 6.40. The van der Waals surface area contributed by atoms with Crippen molar-refractivity contribution in [1.82, 2.24) is 0 Å². The van der Waals surface area contributed by atoms with E-state index in [1.807, 2.05) is 32.9 Å². The molecule has 0 bridgehead atoms. The minimum Gasteiger partial charge on any atom is -0.505 e. The van der Waals surface area contributed by atoms with Crippen molar-refractivity contribution >= 4 is 28.4 Å². The van der Waals surface area contributed by atoms with Crippen LogP contribution in [-0.4, -0.2) is 5.11 Å². The van der Waals surface area contributed by atoms with Crippen LogP contribution in [0, 0.1) is 19.8 Å². The molecule has 1 atom stereocenters. The smallest absolute Gasteiger partial charge is 0.253 e. The lowest BCUT2D eigenvalue weighted by Gasteiger charge is -2.24. The van der Waals surface area contributed by atoms with Gasteiger partial charge in [-0.05, 0) is 31.9 Å². The van der Waals surface area contributed by atoms with Gasteiger partial charge in [0.1, 0.15) is 22.9 Å². The molecule has 0 aliphatic rings. The third kappa shape index (κ3) is 3.07. The quantitative estimate of drug-likeness (QED) is 0.579. The summed E-state index contributed by atoms with van der Waals surface area (Å²) in [6, 6.07) is 3.48. The Morgan fingerprint density at radius 2 is 1.80 bits per heavy atom. The van der Waals surface area contributed by atoms with Gasteiger partial charge < -0.3 is 20.2 Å². The van der Waals surface area contributed by atoms with E-state index >= 15 is 0 Å². The number of anilines is 3. The van der Waals surface area contributed by atoms with Gasteiger partial charge in [-0.25, -0.2) is 0 Å². The Bertz CT molecular complexity index is 976. The zero-order chi connectivity index (χ0) is 18.3. The fourth-order valence-corrected chi connectivity index (χ4v) is 3.35. The second kappa shape index (κ2) is 6.40. The molecule has 3 aromatic rings. The highest BCUT2D eigenvalue weighted by Gasteiger charge is 2.27. The maximum atomic E-state index is 12.0. The normalized spacial score (nSPS) is 12.7. The van der Waals surface area contributed by atoms with Crippen LogP contribution >= 0.6 is 11.3 Å². The lowest BCUT2D eigenvalue weighted by molar-refractivity contribution is 0.408. The summed E-state index contributed by atoms with van der Waals surface area (Å²) in [4.78, 5) is 24.8. The van der Waals surface area contributed by atoms with E-state index in [-0.39, 0.29) is 29.1 Å². The minimum atomic E-state index is -0.594. The predicted molar refractivity (Wildman–Crippen MR) is 100 cm³/mol. The highest BCUT2D eigenvalue weighted by atomic mass is 32.1. The molecule has 25 heavy (non-hydrogen) atoms.